The monoisotopic (exact) mass is 328 g/mol. The predicted molar refractivity (Wildman–Crippen MR) is 82.9 cm³/mol. The van der Waals surface area contributed by atoms with Gasteiger partial charge in [-0.15, -0.1) is 0 Å². The molecule has 0 spiro atoms. The molecule has 0 unspecified atom stereocenters. The highest BCUT2D eigenvalue weighted by molar-refractivity contribution is 7.89. The minimum Gasteiger partial charge on any atom is -0.377 e. The quantitative estimate of drug-likeness (QED) is 0.875. The van der Waals surface area contributed by atoms with Crippen LogP contribution in [0.2, 0.25) is 0 Å². The number of aromatic amines is 1. The molecule has 0 saturated carbocycles. The number of aromatic nitrogens is 2. The van der Waals surface area contributed by atoms with Crippen LogP contribution in [-0.2, 0) is 14.8 Å². The van der Waals surface area contributed by atoms with Crippen molar-refractivity contribution in [3.8, 4) is 0 Å². The summed E-state index contributed by atoms with van der Waals surface area (Å²) in [7, 11) is -1.29. The molecule has 8 heteroatoms. The molecule has 0 bridgehead atoms. The van der Waals surface area contributed by atoms with E-state index in [1.165, 1.54) is 0 Å². The van der Waals surface area contributed by atoms with Crippen molar-refractivity contribution in [1.29, 1.82) is 0 Å². The first kappa shape index (κ1) is 15.9. The van der Waals surface area contributed by atoms with E-state index in [0.717, 1.165) is 25.1 Å². The van der Waals surface area contributed by atoms with Crippen LogP contribution < -0.4 is 0 Å². The van der Waals surface area contributed by atoms with E-state index in [1.54, 1.807) is 16.7 Å². The van der Waals surface area contributed by atoms with Crippen molar-refractivity contribution in [2.45, 2.75) is 31.4 Å². The van der Waals surface area contributed by atoms with Gasteiger partial charge in [-0.2, -0.15) is 4.31 Å². The maximum Gasteiger partial charge on any atom is 0.216 e. The van der Waals surface area contributed by atoms with Crippen molar-refractivity contribution < 1.29 is 13.2 Å². The van der Waals surface area contributed by atoms with Crippen LogP contribution >= 0.6 is 0 Å². The maximum atomic E-state index is 12.7. The third-order valence-electron chi connectivity index (χ3n) is 4.51. The number of nitrogens with one attached hydrogen (secondary N) is 1. The predicted octanol–water partition coefficient (Wildman–Crippen LogP) is 0.597. The maximum absolute atomic E-state index is 12.7. The zero-order chi connectivity index (χ0) is 15.6. The van der Waals surface area contributed by atoms with E-state index in [0.29, 0.717) is 26.2 Å². The van der Waals surface area contributed by atoms with Crippen LogP contribution in [0.4, 0.5) is 0 Å². The van der Waals surface area contributed by atoms with Crippen molar-refractivity contribution in [1.82, 2.24) is 19.2 Å². The molecule has 3 rings (SSSR count). The fourth-order valence-electron chi connectivity index (χ4n) is 3.14. The van der Waals surface area contributed by atoms with Crippen molar-refractivity contribution in [2.75, 3.05) is 39.0 Å². The Labute approximate surface area is 131 Å². The lowest BCUT2D eigenvalue weighted by Crippen LogP contribution is -2.51. The van der Waals surface area contributed by atoms with Gasteiger partial charge in [0.1, 0.15) is 5.82 Å². The van der Waals surface area contributed by atoms with Gasteiger partial charge in [0.05, 0.1) is 17.9 Å². The molecule has 0 aromatic carbocycles. The van der Waals surface area contributed by atoms with Gasteiger partial charge >= 0.3 is 0 Å². The second kappa shape index (κ2) is 6.66. The molecule has 2 aliphatic heterocycles. The van der Waals surface area contributed by atoms with Gasteiger partial charge in [0, 0.05) is 38.6 Å². The Balaban J connectivity index is 1.68. The molecule has 1 aromatic rings. The lowest BCUT2D eigenvalue weighted by atomic mass is 10.1. The Bertz CT molecular complexity index is 569. The summed E-state index contributed by atoms with van der Waals surface area (Å²) in [5.41, 5.74) is 0. The van der Waals surface area contributed by atoms with Crippen molar-refractivity contribution in [3.05, 3.63) is 18.2 Å². The van der Waals surface area contributed by atoms with Gasteiger partial charge in [-0.1, -0.05) is 0 Å². The van der Waals surface area contributed by atoms with Crippen LogP contribution in [0.1, 0.15) is 31.1 Å². The number of piperazine rings is 1. The molecule has 124 valence electrons. The van der Waals surface area contributed by atoms with Crippen LogP contribution in [-0.4, -0.2) is 72.7 Å². The smallest absolute Gasteiger partial charge is 0.216 e. The molecular formula is C14H24N4O3S. The standard InChI is InChI=1S/C14H24N4O3S/c1-17-7-8-18(10-13(17)14-15-5-6-16-14)22(19,20)11-12-4-2-3-9-21-12/h5-6,12-13H,2-4,7-11H2,1H3,(H,15,16)/t12-,13-/m1/s1. The molecule has 2 saturated heterocycles. The fraction of sp³-hybridized carbons (Fsp3) is 0.786. The Morgan fingerprint density at radius 1 is 1.41 bits per heavy atom. The van der Waals surface area contributed by atoms with E-state index in [2.05, 4.69) is 14.9 Å². The average molecular weight is 328 g/mol. The molecule has 2 fully saturated rings. The second-order valence-electron chi connectivity index (χ2n) is 6.10. The molecule has 7 nitrogen and oxygen atoms in total. The van der Waals surface area contributed by atoms with Crippen molar-refractivity contribution in [2.24, 2.45) is 0 Å². The van der Waals surface area contributed by atoms with Gasteiger partial charge in [-0.05, 0) is 26.3 Å². The first-order chi connectivity index (χ1) is 10.6. The highest BCUT2D eigenvalue weighted by atomic mass is 32.2. The first-order valence-corrected chi connectivity index (χ1v) is 9.46. The third-order valence-corrected chi connectivity index (χ3v) is 6.42. The summed E-state index contributed by atoms with van der Waals surface area (Å²) < 4.78 is 32.5. The summed E-state index contributed by atoms with van der Waals surface area (Å²) >= 11 is 0. The normalized spacial score (nSPS) is 28.8. The third kappa shape index (κ3) is 3.51. The van der Waals surface area contributed by atoms with Gasteiger partial charge < -0.3 is 9.72 Å². The molecule has 0 aliphatic carbocycles. The van der Waals surface area contributed by atoms with Gasteiger partial charge in [0.25, 0.3) is 0 Å². The number of nitrogens with zero attached hydrogens (tertiary/aromatic N) is 3. The summed E-state index contributed by atoms with van der Waals surface area (Å²) in [6.45, 7) is 2.36. The Morgan fingerprint density at radius 3 is 2.95 bits per heavy atom. The topological polar surface area (TPSA) is 78.5 Å². The summed E-state index contributed by atoms with van der Waals surface area (Å²) in [4.78, 5) is 9.51. The Morgan fingerprint density at radius 2 is 2.27 bits per heavy atom. The van der Waals surface area contributed by atoms with Crippen molar-refractivity contribution in [3.63, 3.8) is 0 Å². The molecule has 3 heterocycles. The van der Waals surface area contributed by atoms with Crippen molar-refractivity contribution >= 4 is 10.0 Å². The zero-order valence-corrected chi connectivity index (χ0v) is 13.8. The number of imidazole rings is 1. The number of hydrogen-bond acceptors (Lipinski definition) is 5. The fourth-order valence-corrected chi connectivity index (χ4v) is 4.81. The number of sulfonamides is 1. The summed E-state index contributed by atoms with van der Waals surface area (Å²) in [5.74, 6) is 0.915. The molecule has 22 heavy (non-hydrogen) atoms. The van der Waals surface area contributed by atoms with E-state index >= 15 is 0 Å². The van der Waals surface area contributed by atoms with Crippen LogP contribution in [0, 0.1) is 0 Å². The highest BCUT2D eigenvalue weighted by Crippen LogP contribution is 2.24. The number of H-pyrrole nitrogens is 1. The second-order valence-corrected chi connectivity index (χ2v) is 8.11. The molecular weight excluding hydrogens is 304 g/mol. The van der Waals surface area contributed by atoms with E-state index in [-0.39, 0.29) is 17.9 Å². The summed E-state index contributed by atoms with van der Waals surface area (Å²) in [5, 5.41) is 0. The van der Waals surface area contributed by atoms with E-state index in [9.17, 15) is 8.42 Å². The first-order valence-electron chi connectivity index (χ1n) is 7.85. The molecule has 0 radical (unpaired) electrons. The molecule has 2 atom stereocenters. The van der Waals surface area contributed by atoms with Crippen LogP contribution in [0.3, 0.4) is 0 Å². The van der Waals surface area contributed by atoms with Crippen LogP contribution in [0.15, 0.2) is 12.4 Å². The average Bonchev–Trinajstić information content (AvgIpc) is 3.02. The highest BCUT2D eigenvalue weighted by Gasteiger charge is 2.35. The van der Waals surface area contributed by atoms with E-state index < -0.39 is 10.0 Å². The SMILES string of the molecule is CN1CCN(S(=O)(=O)C[C@H]2CCCCO2)C[C@@H]1c1ncc[nH]1. The summed E-state index contributed by atoms with van der Waals surface area (Å²) in [6.07, 6.45) is 6.25. The van der Waals surface area contributed by atoms with E-state index in [1.807, 2.05) is 7.05 Å². The van der Waals surface area contributed by atoms with Crippen LogP contribution in [0.25, 0.3) is 0 Å². The minimum atomic E-state index is -3.29. The van der Waals surface area contributed by atoms with Crippen LogP contribution in [0.5, 0.6) is 0 Å². The number of rotatable bonds is 4. The molecule has 1 N–H and O–H groups in total. The summed E-state index contributed by atoms with van der Waals surface area (Å²) in [6, 6.07) is -0.0224. The number of hydrogen-bond donors (Lipinski definition) is 1. The van der Waals surface area contributed by atoms with Gasteiger partial charge in [0.15, 0.2) is 0 Å². The molecule has 0 amide bonds. The Kier molecular flexibility index (Phi) is 4.82. The zero-order valence-electron chi connectivity index (χ0n) is 12.9. The van der Waals surface area contributed by atoms with Gasteiger partial charge in [-0.25, -0.2) is 13.4 Å². The largest absolute Gasteiger partial charge is 0.377 e. The number of ether oxygens (including phenoxy) is 1. The van der Waals surface area contributed by atoms with E-state index in [4.69, 9.17) is 4.74 Å². The molecule has 1 aromatic heterocycles. The van der Waals surface area contributed by atoms with Gasteiger partial charge in [0.2, 0.25) is 10.0 Å². The number of likely N-dealkylation sites (N-methyl/N-ethyl adjacent to an activating group) is 1. The van der Waals surface area contributed by atoms with Gasteiger partial charge in [-0.3, -0.25) is 4.90 Å². The molecule has 2 aliphatic rings. The Hall–Kier alpha value is -0.960. The minimum absolute atomic E-state index is 0.0224. The lowest BCUT2D eigenvalue weighted by molar-refractivity contribution is 0.0294. The lowest BCUT2D eigenvalue weighted by Gasteiger charge is -2.38.